The Bertz CT molecular complexity index is 491. The monoisotopic (exact) mass is 320 g/mol. The molecule has 128 valence electrons. The van der Waals surface area contributed by atoms with Gasteiger partial charge in [0.25, 0.3) is 0 Å². The van der Waals surface area contributed by atoms with Gasteiger partial charge in [-0.15, -0.1) is 0 Å². The molecule has 0 unspecified atom stereocenters. The van der Waals surface area contributed by atoms with Gasteiger partial charge in [0.1, 0.15) is 0 Å². The number of methoxy groups -OCH3 is 1. The third-order valence-corrected chi connectivity index (χ3v) is 5.11. The van der Waals surface area contributed by atoms with Crippen LogP contribution in [0.3, 0.4) is 0 Å². The van der Waals surface area contributed by atoms with Crippen LogP contribution in [0.1, 0.15) is 25.7 Å². The van der Waals surface area contributed by atoms with Gasteiger partial charge in [-0.25, -0.2) is 4.98 Å². The number of likely N-dealkylation sites (tertiary alicyclic amines) is 1. The quantitative estimate of drug-likeness (QED) is 0.885. The van der Waals surface area contributed by atoms with Crippen LogP contribution in [0, 0.1) is 11.8 Å². The minimum Gasteiger partial charge on any atom is -0.481 e. The molecule has 23 heavy (non-hydrogen) atoms. The van der Waals surface area contributed by atoms with Gasteiger partial charge in [-0.1, -0.05) is 12.8 Å². The molecular formula is C17H28N4O2. The fourth-order valence-electron chi connectivity index (χ4n) is 3.76. The van der Waals surface area contributed by atoms with Crippen molar-refractivity contribution in [2.45, 2.75) is 25.7 Å². The topological polar surface area (TPSA) is 61.7 Å². The lowest BCUT2D eigenvalue weighted by molar-refractivity contribution is 0.165. The normalized spacial score (nSPS) is 26.3. The Morgan fingerprint density at radius 3 is 2.61 bits per heavy atom. The van der Waals surface area contributed by atoms with Crippen molar-refractivity contribution in [1.29, 1.82) is 0 Å². The third kappa shape index (κ3) is 4.12. The molecular weight excluding hydrogens is 292 g/mol. The van der Waals surface area contributed by atoms with E-state index in [1.165, 1.54) is 38.8 Å². The van der Waals surface area contributed by atoms with E-state index < -0.39 is 0 Å². The number of aromatic nitrogens is 2. The van der Waals surface area contributed by atoms with E-state index in [1.54, 1.807) is 19.4 Å². The van der Waals surface area contributed by atoms with Crippen molar-refractivity contribution >= 4 is 5.95 Å². The smallest absolute Gasteiger partial charge is 0.228 e. The molecule has 1 aromatic heterocycles. The van der Waals surface area contributed by atoms with Crippen LogP contribution < -0.4 is 9.64 Å². The van der Waals surface area contributed by atoms with Gasteiger partial charge in [-0.2, -0.15) is 4.98 Å². The molecule has 0 amide bonds. The number of rotatable bonds is 5. The highest BCUT2D eigenvalue weighted by Crippen LogP contribution is 2.28. The summed E-state index contributed by atoms with van der Waals surface area (Å²) in [6.45, 7) is 5.44. The zero-order valence-electron chi connectivity index (χ0n) is 14.0. The summed E-state index contributed by atoms with van der Waals surface area (Å²) in [5.74, 6) is 2.08. The molecule has 6 heteroatoms. The van der Waals surface area contributed by atoms with E-state index in [1.807, 2.05) is 0 Å². The first-order valence-electron chi connectivity index (χ1n) is 8.75. The van der Waals surface area contributed by atoms with Crippen molar-refractivity contribution in [3.63, 3.8) is 0 Å². The lowest BCUT2D eigenvalue weighted by Crippen LogP contribution is -2.34. The maximum Gasteiger partial charge on any atom is 0.228 e. The Morgan fingerprint density at radius 1 is 1.17 bits per heavy atom. The molecule has 6 nitrogen and oxygen atoms in total. The second-order valence-electron chi connectivity index (χ2n) is 6.72. The molecule has 2 atom stereocenters. The van der Waals surface area contributed by atoms with Crippen molar-refractivity contribution in [3.05, 3.63) is 12.3 Å². The van der Waals surface area contributed by atoms with Crippen LogP contribution in [0.15, 0.2) is 12.3 Å². The number of ether oxygens (including phenoxy) is 1. The van der Waals surface area contributed by atoms with Crippen LogP contribution >= 0.6 is 0 Å². The summed E-state index contributed by atoms with van der Waals surface area (Å²) in [7, 11) is 1.62. The number of nitrogens with zero attached hydrogens (tertiary/aromatic N) is 4. The third-order valence-electron chi connectivity index (χ3n) is 5.11. The molecule has 3 heterocycles. The second kappa shape index (κ2) is 7.93. The van der Waals surface area contributed by atoms with Crippen LogP contribution in [0.5, 0.6) is 5.88 Å². The molecule has 0 radical (unpaired) electrons. The molecule has 0 saturated carbocycles. The molecule has 2 aliphatic heterocycles. The van der Waals surface area contributed by atoms with Crippen LogP contribution in [-0.2, 0) is 0 Å². The first-order chi connectivity index (χ1) is 11.3. The first kappa shape index (κ1) is 16.5. The number of hydrogen-bond donors (Lipinski definition) is 1. The lowest BCUT2D eigenvalue weighted by atomic mass is 9.96. The van der Waals surface area contributed by atoms with Crippen LogP contribution in [0.4, 0.5) is 5.95 Å². The van der Waals surface area contributed by atoms with Gasteiger partial charge < -0.3 is 19.6 Å². The molecule has 2 fully saturated rings. The van der Waals surface area contributed by atoms with Crippen molar-refractivity contribution in [2.75, 3.05) is 51.3 Å². The summed E-state index contributed by atoms with van der Waals surface area (Å²) in [5.41, 5.74) is 0. The van der Waals surface area contributed by atoms with Crippen molar-refractivity contribution in [2.24, 2.45) is 11.8 Å². The molecule has 0 bridgehead atoms. The first-order valence-corrected chi connectivity index (χ1v) is 8.75. The van der Waals surface area contributed by atoms with Crippen molar-refractivity contribution in [3.8, 4) is 5.88 Å². The maximum absolute atomic E-state index is 9.78. The number of anilines is 1. The number of aliphatic hydroxyl groups is 1. The summed E-state index contributed by atoms with van der Waals surface area (Å²) in [4.78, 5) is 13.6. The molecule has 0 aliphatic carbocycles. The summed E-state index contributed by atoms with van der Waals surface area (Å²) in [5, 5.41) is 9.78. The molecule has 2 aliphatic rings. The maximum atomic E-state index is 9.78. The van der Waals surface area contributed by atoms with Gasteiger partial charge in [0.05, 0.1) is 7.11 Å². The Labute approximate surface area is 138 Å². The van der Waals surface area contributed by atoms with E-state index in [9.17, 15) is 5.11 Å². The second-order valence-corrected chi connectivity index (χ2v) is 6.72. The summed E-state index contributed by atoms with van der Waals surface area (Å²) < 4.78 is 5.19. The van der Waals surface area contributed by atoms with Gasteiger partial charge >= 0.3 is 0 Å². The highest BCUT2D eigenvalue weighted by molar-refractivity contribution is 5.34. The Kier molecular flexibility index (Phi) is 5.67. The minimum atomic E-state index is 0.235. The fraction of sp³-hybridized carbons (Fsp3) is 0.765. The standard InChI is InChI=1S/C17H28N4O2/c1-23-16-6-7-18-17(19-16)21-11-14(15(12-21)13-22)10-20-8-4-2-3-5-9-20/h6-7,14-15,22H,2-5,8-13H2,1H3/t14-,15-/m1/s1. The van der Waals surface area contributed by atoms with Crippen molar-refractivity contribution in [1.82, 2.24) is 14.9 Å². The van der Waals surface area contributed by atoms with E-state index in [2.05, 4.69) is 19.8 Å². The number of aliphatic hydroxyl groups excluding tert-OH is 1. The predicted molar refractivity (Wildman–Crippen MR) is 89.8 cm³/mol. The average molecular weight is 320 g/mol. The van der Waals surface area contributed by atoms with E-state index in [-0.39, 0.29) is 6.61 Å². The van der Waals surface area contributed by atoms with Gasteiger partial charge in [0.15, 0.2) is 0 Å². The van der Waals surface area contributed by atoms with Crippen LogP contribution in [0.25, 0.3) is 0 Å². The predicted octanol–water partition coefficient (Wildman–Crippen LogP) is 1.41. The summed E-state index contributed by atoms with van der Waals surface area (Å²) in [6, 6.07) is 1.76. The molecule has 3 rings (SSSR count). The van der Waals surface area contributed by atoms with Gasteiger partial charge in [-0.3, -0.25) is 0 Å². The Balaban J connectivity index is 1.64. The Hall–Kier alpha value is -1.40. The van der Waals surface area contributed by atoms with Gasteiger partial charge in [-0.05, 0) is 31.8 Å². The van der Waals surface area contributed by atoms with E-state index >= 15 is 0 Å². The zero-order valence-corrected chi connectivity index (χ0v) is 14.0. The minimum absolute atomic E-state index is 0.235. The van der Waals surface area contributed by atoms with E-state index in [4.69, 9.17) is 4.74 Å². The summed E-state index contributed by atoms with van der Waals surface area (Å²) >= 11 is 0. The van der Waals surface area contributed by atoms with E-state index in [0.29, 0.717) is 23.7 Å². The largest absolute Gasteiger partial charge is 0.481 e. The number of hydrogen-bond acceptors (Lipinski definition) is 6. The molecule has 1 aromatic rings. The molecule has 1 N–H and O–H groups in total. The van der Waals surface area contributed by atoms with Gasteiger partial charge in [0, 0.05) is 44.4 Å². The SMILES string of the molecule is COc1ccnc(N2C[C@@H](CN3CCCCCC3)[C@@H](CO)C2)n1. The fourth-order valence-corrected chi connectivity index (χ4v) is 3.76. The molecule has 2 saturated heterocycles. The lowest BCUT2D eigenvalue weighted by Gasteiger charge is -2.26. The average Bonchev–Trinajstić information content (AvgIpc) is 2.82. The van der Waals surface area contributed by atoms with Crippen LogP contribution in [-0.4, -0.2) is 66.4 Å². The van der Waals surface area contributed by atoms with Gasteiger partial charge in [0.2, 0.25) is 11.8 Å². The van der Waals surface area contributed by atoms with Crippen molar-refractivity contribution < 1.29 is 9.84 Å². The molecule has 0 spiro atoms. The highest BCUT2D eigenvalue weighted by Gasteiger charge is 2.34. The summed E-state index contributed by atoms with van der Waals surface area (Å²) in [6.07, 6.45) is 7.05. The molecule has 0 aromatic carbocycles. The van der Waals surface area contributed by atoms with E-state index in [0.717, 1.165) is 19.6 Å². The zero-order chi connectivity index (χ0) is 16.1. The van der Waals surface area contributed by atoms with Crippen LogP contribution in [0.2, 0.25) is 0 Å². The Morgan fingerprint density at radius 2 is 1.91 bits per heavy atom. The highest BCUT2D eigenvalue weighted by atomic mass is 16.5.